The molecule has 206 valence electrons. The van der Waals surface area contributed by atoms with Crippen LogP contribution in [0.3, 0.4) is 0 Å². The van der Waals surface area contributed by atoms with Gasteiger partial charge in [-0.15, -0.1) is 0 Å². The molecule has 0 saturated heterocycles. The molecule has 3 N–H and O–H groups in total. The number of halogens is 3. The molecular formula is C27H31F3N2O6. The van der Waals surface area contributed by atoms with Crippen molar-refractivity contribution in [1.29, 1.82) is 0 Å². The summed E-state index contributed by atoms with van der Waals surface area (Å²) in [7, 11) is 4.01. The van der Waals surface area contributed by atoms with E-state index in [9.17, 15) is 18.0 Å². The maximum absolute atomic E-state index is 13.1. The molecule has 2 aromatic carbocycles. The van der Waals surface area contributed by atoms with Gasteiger partial charge in [0.1, 0.15) is 30.5 Å². The number of aliphatic carboxylic acids is 1. The van der Waals surface area contributed by atoms with Gasteiger partial charge >= 0.3 is 6.18 Å². The molecule has 0 spiro atoms. The standard InChI is InChI=1S/C25H30N2O4.C2HF3O2/c1-4-5-15-30-25-22(13-8-18-6-9-19(10-7-18)27(2)3)31-23-17-20(29-16-14-26)11-12-21(23)24(25)28;3-2(4,5)1(6)7/h6-13,17H,4-5,14-16,26H2,1-3H3;(H,6,7)/b13-8+;. The first-order valence-corrected chi connectivity index (χ1v) is 11.9. The largest absolute Gasteiger partial charge is 0.542 e. The normalized spacial score (nSPS) is 11.2. The smallest absolute Gasteiger partial charge is 0.430 e. The van der Waals surface area contributed by atoms with Crippen molar-refractivity contribution in [3.05, 3.63) is 64.0 Å². The third-order valence-corrected chi connectivity index (χ3v) is 5.07. The van der Waals surface area contributed by atoms with Crippen molar-refractivity contribution >= 4 is 34.8 Å². The molecule has 3 aromatic rings. The Hall–Kier alpha value is -3.99. The minimum atomic E-state index is -5.19. The maximum atomic E-state index is 13.1. The van der Waals surface area contributed by atoms with Gasteiger partial charge in [-0.1, -0.05) is 31.6 Å². The minimum Gasteiger partial charge on any atom is -0.542 e. The summed E-state index contributed by atoms with van der Waals surface area (Å²) >= 11 is 0. The molecule has 0 atom stereocenters. The number of anilines is 1. The Balaban J connectivity index is 0.000000638. The summed E-state index contributed by atoms with van der Waals surface area (Å²) in [5.41, 5.74) is 6.19. The molecule has 0 fully saturated rings. The molecule has 1 aromatic heterocycles. The number of carboxylic acids is 1. The zero-order valence-electron chi connectivity index (χ0n) is 21.5. The summed E-state index contributed by atoms with van der Waals surface area (Å²) in [6.07, 6.45) is 0.357. The summed E-state index contributed by atoms with van der Waals surface area (Å²) < 4.78 is 49.1. The van der Waals surface area contributed by atoms with Gasteiger partial charge in [-0.2, -0.15) is 13.2 Å². The van der Waals surface area contributed by atoms with Crippen LogP contribution in [0.4, 0.5) is 18.9 Å². The second-order valence-electron chi connectivity index (χ2n) is 8.29. The fourth-order valence-corrected chi connectivity index (χ4v) is 3.07. The lowest BCUT2D eigenvalue weighted by atomic mass is 10.1. The quantitative estimate of drug-likeness (QED) is 0.396. The summed E-state index contributed by atoms with van der Waals surface area (Å²) in [5.74, 6) is -1.71. The maximum Gasteiger partial charge on any atom is 0.430 e. The highest BCUT2D eigenvalue weighted by atomic mass is 19.4. The van der Waals surface area contributed by atoms with E-state index in [-0.39, 0.29) is 11.2 Å². The van der Waals surface area contributed by atoms with Crippen LogP contribution < -0.4 is 30.6 Å². The highest BCUT2D eigenvalue weighted by Gasteiger charge is 2.28. The number of quaternary nitrogens is 1. The molecular weight excluding hydrogens is 505 g/mol. The van der Waals surface area contributed by atoms with Crippen LogP contribution in [0.2, 0.25) is 0 Å². The van der Waals surface area contributed by atoms with E-state index in [1.54, 1.807) is 24.3 Å². The number of carbonyl (C=O) groups excluding carboxylic acids is 1. The van der Waals surface area contributed by atoms with Crippen LogP contribution in [-0.4, -0.2) is 46.0 Å². The van der Waals surface area contributed by atoms with Gasteiger partial charge in [0.2, 0.25) is 11.2 Å². The number of alkyl halides is 3. The molecule has 3 rings (SSSR count). The van der Waals surface area contributed by atoms with E-state index < -0.39 is 12.1 Å². The number of fused-ring (bicyclic) bond motifs is 1. The van der Waals surface area contributed by atoms with Crippen LogP contribution in [0.5, 0.6) is 11.5 Å². The second-order valence-corrected chi connectivity index (χ2v) is 8.29. The Morgan fingerprint density at radius 1 is 1.08 bits per heavy atom. The average molecular weight is 537 g/mol. The molecule has 0 aliphatic rings. The number of hydrogen-bond acceptors (Lipinski definition) is 7. The number of rotatable bonds is 10. The number of unbranched alkanes of at least 4 members (excludes halogenated alkanes) is 1. The van der Waals surface area contributed by atoms with E-state index in [1.165, 1.54) is 0 Å². The molecule has 8 nitrogen and oxygen atoms in total. The first-order chi connectivity index (χ1) is 18.0. The molecule has 0 unspecified atom stereocenters. The Morgan fingerprint density at radius 2 is 1.74 bits per heavy atom. The van der Waals surface area contributed by atoms with Crippen LogP contribution in [-0.2, 0) is 4.79 Å². The summed E-state index contributed by atoms with van der Waals surface area (Å²) in [4.78, 5) is 24.0. The van der Waals surface area contributed by atoms with Crippen molar-refractivity contribution in [2.75, 3.05) is 38.8 Å². The third kappa shape index (κ3) is 8.84. The van der Waals surface area contributed by atoms with Crippen LogP contribution in [0.1, 0.15) is 31.1 Å². The van der Waals surface area contributed by atoms with Gasteiger partial charge in [-0.05, 0) is 42.3 Å². The zero-order valence-corrected chi connectivity index (χ0v) is 21.5. The molecule has 0 aliphatic heterocycles. The lowest BCUT2D eigenvalue weighted by Crippen LogP contribution is -2.52. The topological polar surface area (TPSA) is 120 Å². The SMILES string of the molecule is CCCCOc1c(/C=C/c2ccc(N(C)C)cc2)oc2cc(OCC[NH3+])ccc2c1=O.O=C([O-])C(F)(F)F. The highest BCUT2D eigenvalue weighted by Crippen LogP contribution is 2.26. The fraction of sp³-hybridized carbons (Fsp3) is 0.333. The molecule has 0 bridgehead atoms. The van der Waals surface area contributed by atoms with Crippen LogP contribution in [0, 0.1) is 0 Å². The predicted molar refractivity (Wildman–Crippen MR) is 137 cm³/mol. The van der Waals surface area contributed by atoms with Crippen LogP contribution >= 0.6 is 0 Å². The fourth-order valence-electron chi connectivity index (χ4n) is 3.07. The molecule has 38 heavy (non-hydrogen) atoms. The second kappa shape index (κ2) is 14.1. The Kier molecular flexibility index (Phi) is 11.2. The van der Waals surface area contributed by atoms with E-state index in [0.717, 1.165) is 24.1 Å². The molecule has 0 amide bonds. The molecule has 0 radical (unpaired) electrons. The van der Waals surface area contributed by atoms with Crippen molar-refractivity contribution in [2.24, 2.45) is 0 Å². The molecule has 0 aliphatic carbocycles. The summed E-state index contributed by atoms with van der Waals surface area (Å²) in [5, 5.41) is 9.26. The van der Waals surface area contributed by atoms with Crippen molar-refractivity contribution in [3.63, 3.8) is 0 Å². The van der Waals surface area contributed by atoms with E-state index in [0.29, 0.717) is 42.2 Å². The van der Waals surface area contributed by atoms with Crippen LogP contribution in [0.25, 0.3) is 23.1 Å². The van der Waals surface area contributed by atoms with Gasteiger partial charge in [-0.3, -0.25) is 4.79 Å². The van der Waals surface area contributed by atoms with E-state index in [2.05, 4.69) is 12.7 Å². The first kappa shape index (κ1) is 30.2. The average Bonchev–Trinajstić information content (AvgIpc) is 2.87. The van der Waals surface area contributed by atoms with Gasteiger partial charge in [0.25, 0.3) is 0 Å². The highest BCUT2D eigenvalue weighted by molar-refractivity contribution is 5.82. The van der Waals surface area contributed by atoms with Gasteiger partial charge in [-0.25, -0.2) is 0 Å². The van der Waals surface area contributed by atoms with Gasteiger partial charge in [0.05, 0.1) is 12.0 Å². The Morgan fingerprint density at radius 3 is 2.29 bits per heavy atom. The zero-order chi connectivity index (χ0) is 28.3. The Labute approximate surface area is 218 Å². The molecule has 1 heterocycles. The van der Waals surface area contributed by atoms with E-state index >= 15 is 0 Å². The Bertz CT molecular complexity index is 1280. The number of nitrogens with zero attached hydrogens (tertiary/aromatic N) is 1. The lowest BCUT2D eigenvalue weighted by molar-refractivity contribution is -0.370. The third-order valence-electron chi connectivity index (χ3n) is 5.07. The number of benzene rings is 2. The molecule has 11 heteroatoms. The lowest BCUT2D eigenvalue weighted by Gasteiger charge is -2.12. The van der Waals surface area contributed by atoms with Crippen molar-refractivity contribution in [3.8, 4) is 11.5 Å². The summed E-state index contributed by atoms with van der Waals surface area (Å²) in [6, 6.07) is 13.4. The van der Waals surface area contributed by atoms with Crippen molar-refractivity contribution in [2.45, 2.75) is 25.9 Å². The summed E-state index contributed by atoms with van der Waals surface area (Å²) in [6.45, 7) is 3.71. The number of carboxylic acid groups (broad SMARTS) is 1. The van der Waals surface area contributed by atoms with Crippen LogP contribution in [0.15, 0.2) is 51.7 Å². The minimum absolute atomic E-state index is 0.177. The first-order valence-electron chi connectivity index (χ1n) is 11.9. The van der Waals surface area contributed by atoms with Gasteiger partial charge < -0.3 is 34.4 Å². The predicted octanol–water partition coefficient (Wildman–Crippen LogP) is 3.13. The van der Waals surface area contributed by atoms with E-state index in [4.69, 9.17) is 23.8 Å². The van der Waals surface area contributed by atoms with Crippen molar-refractivity contribution < 1.29 is 42.7 Å². The van der Waals surface area contributed by atoms with E-state index in [1.807, 2.05) is 49.3 Å². The number of ether oxygens (including phenoxy) is 2. The molecule has 0 saturated carbocycles. The van der Waals surface area contributed by atoms with Crippen molar-refractivity contribution in [1.82, 2.24) is 0 Å². The van der Waals surface area contributed by atoms with Gasteiger partial charge in [0, 0.05) is 25.8 Å². The number of hydrogen-bond donors (Lipinski definition) is 1. The van der Waals surface area contributed by atoms with Gasteiger partial charge in [0.15, 0.2) is 5.76 Å². The monoisotopic (exact) mass is 536 g/mol. The number of carbonyl (C=O) groups is 1.